The van der Waals surface area contributed by atoms with Crippen molar-refractivity contribution in [2.24, 2.45) is 0 Å². The second-order valence-corrected chi connectivity index (χ2v) is 2.83. The van der Waals surface area contributed by atoms with E-state index in [0.29, 0.717) is 0 Å². The molecule has 1 N–H and O–H groups in total. The number of carboxylic acids is 1. The first-order valence-electron chi connectivity index (χ1n) is 4.04. The Balaban J connectivity index is 3.47. The zero-order valence-electron chi connectivity index (χ0n) is 8.12. The summed E-state index contributed by atoms with van der Waals surface area (Å²) in [5, 5.41) is 8.76. The molecule has 6 heteroatoms. The van der Waals surface area contributed by atoms with Crippen molar-refractivity contribution in [3.63, 3.8) is 0 Å². The number of carboxylic acid groups (broad SMARTS) is 1. The number of hydrogen-bond acceptors (Lipinski definition) is 3. The fraction of sp³-hybridized carbons (Fsp3) is 0.333. The van der Waals surface area contributed by atoms with Gasteiger partial charge in [-0.25, -0.2) is 13.6 Å². The molecule has 0 saturated heterocycles. The van der Waals surface area contributed by atoms with Crippen molar-refractivity contribution >= 4 is 5.97 Å². The highest BCUT2D eigenvalue weighted by molar-refractivity contribution is 5.92. The number of carbonyl (C=O) groups is 1. The molecule has 4 nitrogen and oxygen atoms in total. The third kappa shape index (κ3) is 2.20. The van der Waals surface area contributed by atoms with Gasteiger partial charge in [-0.3, -0.25) is 4.98 Å². The van der Waals surface area contributed by atoms with Crippen LogP contribution in [0, 0.1) is 6.92 Å². The minimum absolute atomic E-state index is 0.106. The predicted octanol–water partition coefficient (Wildman–Crippen LogP) is 2.03. The number of hydrogen-bond donors (Lipinski definition) is 1. The lowest BCUT2D eigenvalue weighted by Crippen LogP contribution is -2.09. The summed E-state index contributed by atoms with van der Waals surface area (Å²) in [4.78, 5) is 14.3. The molecule has 0 radical (unpaired) electrons. The maximum atomic E-state index is 12.5. The van der Waals surface area contributed by atoms with Gasteiger partial charge in [0.15, 0.2) is 0 Å². The summed E-state index contributed by atoms with van der Waals surface area (Å²) < 4.78 is 29.7. The summed E-state index contributed by atoms with van der Waals surface area (Å²) in [5.74, 6) is -1.58. The Kier molecular flexibility index (Phi) is 3.18. The molecule has 1 heterocycles. The average molecular weight is 217 g/mol. The molecule has 0 saturated carbocycles. The molecular weight excluding hydrogens is 208 g/mol. The lowest BCUT2D eigenvalue weighted by molar-refractivity contribution is 0.0677. The highest BCUT2D eigenvalue weighted by Crippen LogP contribution is 2.28. The normalized spacial score (nSPS) is 10.5. The number of aryl methyl sites for hydroxylation is 1. The minimum atomic E-state index is -2.94. The smallest absolute Gasteiger partial charge is 0.341 e. The van der Waals surface area contributed by atoms with Gasteiger partial charge in [-0.05, 0) is 6.92 Å². The molecule has 0 aliphatic rings. The number of ether oxygens (including phenoxy) is 1. The van der Waals surface area contributed by atoms with Crippen LogP contribution in [-0.4, -0.2) is 23.2 Å². The van der Waals surface area contributed by atoms with Crippen molar-refractivity contribution in [2.45, 2.75) is 13.3 Å². The van der Waals surface area contributed by atoms with Gasteiger partial charge in [0.25, 0.3) is 6.43 Å². The number of pyridine rings is 1. The predicted molar refractivity (Wildman–Crippen MR) is 47.4 cm³/mol. The molecule has 0 aromatic carbocycles. The molecular formula is C9H9F2NO3. The molecule has 0 spiro atoms. The minimum Gasteiger partial charge on any atom is -0.496 e. The summed E-state index contributed by atoms with van der Waals surface area (Å²) in [5.41, 5.74) is -1.07. The molecule has 0 unspecified atom stereocenters. The van der Waals surface area contributed by atoms with E-state index in [1.165, 1.54) is 20.1 Å². The number of alkyl halides is 2. The van der Waals surface area contributed by atoms with Crippen LogP contribution in [0.1, 0.15) is 28.2 Å². The summed E-state index contributed by atoms with van der Waals surface area (Å²) in [6.07, 6.45) is -2.94. The summed E-state index contributed by atoms with van der Waals surface area (Å²) in [7, 11) is 1.22. The van der Waals surface area contributed by atoms with E-state index in [2.05, 4.69) is 4.98 Å². The van der Waals surface area contributed by atoms with Gasteiger partial charge in [-0.2, -0.15) is 0 Å². The fourth-order valence-corrected chi connectivity index (χ4v) is 1.20. The topological polar surface area (TPSA) is 59.4 Å². The van der Waals surface area contributed by atoms with Gasteiger partial charge in [-0.1, -0.05) is 0 Å². The standard InChI is InChI=1S/C9H9F2NO3/c1-4-3-5(15-2)6(9(13)14)7(12-4)8(10)11/h3,8H,1-2H3,(H,13,14). The summed E-state index contributed by atoms with van der Waals surface area (Å²) in [6.45, 7) is 1.49. The van der Waals surface area contributed by atoms with Crippen molar-refractivity contribution in [3.05, 3.63) is 23.0 Å². The maximum absolute atomic E-state index is 12.5. The van der Waals surface area contributed by atoms with Crippen molar-refractivity contribution < 1.29 is 23.4 Å². The molecule has 1 aromatic rings. The van der Waals surface area contributed by atoms with E-state index < -0.39 is 23.7 Å². The second-order valence-electron chi connectivity index (χ2n) is 2.83. The van der Waals surface area contributed by atoms with Gasteiger partial charge in [0.2, 0.25) is 0 Å². The molecule has 0 fully saturated rings. The lowest BCUT2D eigenvalue weighted by atomic mass is 10.1. The van der Waals surface area contributed by atoms with E-state index in [-0.39, 0.29) is 11.4 Å². The lowest BCUT2D eigenvalue weighted by Gasteiger charge is -2.10. The Morgan fingerprint density at radius 2 is 2.20 bits per heavy atom. The third-order valence-electron chi connectivity index (χ3n) is 1.78. The van der Waals surface area contributed by atoms with Crippen LogP contribution >= 0.6 is 0 Å². The summed E-state index contributed by atoms with van der Waals surface area (Å²) in [6, 6.07) is 1.30. The second kappa shape index (κ2) is 4.20. The van der Waals surface area contributed by atoms with Gasteiger partial charge in [0.1, 0.15) is 17.0 Å². The maximum Gasteiger partial charge on any atom is 0.341 e. The summed E-state index contributed by atoms with van der Waals surface area (Å²) >= 11 is 0. The number of halogens is 2. The molecule has 0 amide bonds. The van der Waals surface area contributed by atoms with E-state index in [9.17, 15) is 13.6 Å². The van der Waals surface area contributed by atoms with Gasteiger partial charge in [0, 0.05) is 11.8 Å². The number of nitrogens with zero attached hydrogens (tertiary/aromatic N) is 1. The Morgan fingerprint density at radius 3 is 2.60 bits per heavy atom. The fourth-order valence-electron chi connectivity index (χ4n) is 1.20. The molecule has 1 aromatic heterocycles. The third-order valence-corrected chi connectivity index (χ3v) is 1.78. The van der Waals surface area contributed by atoms with E-state index in [4.69, 9.17) is 9.84 Å². The van der Waals surface area contributed by atoms with Gasteiger partial charge >= 0.3 is 5.97 Å². The van der Waals surface area contributed by atoms with Crippen molar-refractivity contribution in [2.75, 3.05) is 7.11 Å². The molecule has 0 bridgehead atoms. The number of aromatic nitrogens is 1. The first-order chi connectivity index (χ1) is 6.97. The number of aromatic carboxylic acids is 1. The first kappa shape index (κ1) is 11.4. The van der Waals surface area contributed by atoms with E-state index in [1.54, 1.807) is 0 Å². The van der Waals surface area contributed by atoms with E-state index in [0.717, 1.165) is 0 Å². The molecule has 0 atom stereocenters. The Labute approximate surface area is 84.5 Å². The van der Waals surface area contributed by atoms with Gasteiger partial charge < -0.3 is 9.84 Å². The van der Waals surface area contributed by atoms with Crippen LogP contribution in [0.5, 0.6) is 5.75 Å². The van der Waals surface area contributed by atoms with Crippen LogP contribution < -0.4 is 4.74 Å². The SMILES string of the molecule is COc1cc(C)nc(C(F)F)c1C(=O)O. The Hall–Kier alpha value is -1.72. The number of methoxy groups -OCH3 is 1. The van der Waals surface area contributed by atoms with E-state index >= 15 is 0 Å². The van der Waals surface area contributed by atoms with Gasteiger partial charge in [0.05, 0.1) is 7.11 Å². The highest BCUT2D eigenvalue weighted by atomic mass is 19.3. The van der Waals surface area contributed by atoms with Crippen LogP contribution in [0.4, 0.5) is 8.78 Å². The average Bonchev–Trinajstić information content (AvgIpc) is 2.15. The first-order valence-corrected chi connectivity index (χ1v) is 4.04. The molecule has 0 aliphatic heterocycles. The number of rotatable bonds is 3. The van der Waals surface area contributed by atoms with Crippen LogP contribution in [0.15, 0.2) is 6.07 Å². The van der Waals surface area contributed by atoms with E-state index in [1.807, 2.05) is 0 Å². The van der Waals surface area contributed by atoms with Crippen LogP contribution in [0.2, 0.25) is 0 Å². The molecule has 1 rings (SSSR count). The molecule has 15 heavy (non-hydrogen) atoms. The molecule has 0 aliphatic carbocycles. The largest absolute Gasteiger partial charge is 0.496 e. The Morgan fingerprint density at radius 1 is 1.60 bits per heavy atom. The molecule has 82 valence electrons. The van der Waals surface area contributed by atoms with Gasteiger partial charge in [-0.15, -0.1) is 0 Å². The zero-order chi connectivity index (χ0) is 11.6. The van der Waals surface area contributed by atoms with Crippen molar-refractivity contribution in [1.82, 2.24) is 4.98 Å². The van der Waals surface area contributed by atoms with Crippen molar-refractivity contribution in [3.8, 4) is 5.75 Å². The Bertz CT molecular complexity index is 393. The monoisotopic (exact) mass is 217 g/mol. The van der Waals surface area contributed by atoms with Crippen molar-refractivity contribution in [1.29, 1.82) is 0 Å². The van der Waals surface area contributed by atoms with Crippen LogP contribution in [-0.2, 0) is 0 Å². The van der Waals surface area contributed by atoms with Crippen LogP contribution in [0.3, 0.4) is 0 Å². The van der Waals surface area contributed by atoms with Crippen LogP contribution in [0.25, 0.3) is 0 Å². The highest BCUT2D eigenvalue weighted by Gasteiger charge is 2.24. The quantitative estimate of drug-likeness (QED) is 0.841. The zero-order valence-corrected chi connectivity index (χ0v) is 8.12.